The Morgan fingerprint density at radius 3 is 2.38 bits per heavy atom. The fourth-order valence-corrected chi connectivity index (χ4v) is 3.19. The molecule has 0 saturated heterocycles. The van der Waals surface area contributed by atoms with Crippen LogP contribution in [0.2, 0.25) is 0 Å². The lowest BCUT2D eigenvalue weighted by atomic mass is 9.98. The molecule has 1 aromatic carbocycles. The van der Waals surface area contributed by atoms with Crippen LogP contribution in [0, 0.1) is 5.82 Å². The summed E-state index contributed by atoms with van der Waals surface area (Å²) in [6.45, 7) is 0.526. The first-order valence-corrected chi connectivity index (χ1v) is 6.52. The third-order valence-corrected chi connectivity index (χ3v) is 4.18. The summed E-state index contributed by atoms with van der Waals surface area (Å²) in [6, 6.07) is 10.6. The highest BCUT2D eigenvalue weighted by Crippen LogP contribution is 2.32. The Morgan fingerprint density at radius 2 is 1.88 bits per heavy atom. The van der Waals surface area contributed by atoms with E-state index in [0.29, 0.717) is 6.54 Å². The number of hydrogen-bond donors (Lipinski definition) is 1. The number of nitrogens with two attached hydrogens (primary N) is 1. The molecule has 1 atom stereocenters. The monoisotopic (exact) mass is 299 g/mol. The highest BCUT2D eigenvalue weighted by Gasteiger charge is 2.14. The van der Waals surface area contributed by atoms with E-state index in [-0.39, 0.29) is 11.7 Å². The Labute approximate surface area is 106 Å². The minimum absolute atomic E-state index is 0.150. The molecule has 1 aromatic heterocycles. The highest BCUT2D eigenvalue weighted by molar-refractivity contribution is 9.11. The maximum absolute atomic E-state index is 12.8. The number of hydrogen-bond acceptors (Lipinski definition) is 2. The summed E-state index contributed by atoms with van der Waals surface area (Å²) in [5.74, 6) is -0.0659. The van der Waals surface area contributed by atoms with Crippen LogP contribution < -0.4 is 5.73 Å². The SMILES string of the molecule is NCC(c1ccc(F)cc1)c1ccc(Br)s1. The second-order valence-electron chi connectivity index (χ2n) is 3.48. The molecule has 0 spiro atoms. The topological polar surface area (TPSA) is 26.0 Å². The van der Waals surface area contributed by atoms with Gasteiger partial charge in [-0.3, -0.25) is 0 Å². The maximum atomic E-state index is 12.8. The first kappa shape index (κ1) is 11.8. The average Bonchev–Trinajstić information content (AvgIpc) is 2.69. The first-order valence-electron chi connectivity index (χ1n) is 4.91. The Hall–Kier alpha value is -0.710. The van der Waals surface area contributed by atoms with Gasteiger partial charge in [-0.25, -0.2) is 4.39 Å². The van der Waals surface area contributed by atoms with Gasteiger partial charge in [-0.15, -0.1) is 11.3 Å². The van der Waals surface area contributed by atoms with Crippen molar-refractivity contribution in [3.05, 3.63) is 56.4 Å². The van der Waals surface area contributed by atoms with E-state index < -0.39 is 0 Å². The van der Waals surface area contributed by atoms with Crippen LogP contribution in [0.25, 0.3) is 0 Å². The van der Waals surface area contributed by atoms with E-state index in [2.05, 4.69) is 22.0 Å². The molecule has 0 saturated carbocycles. The smallest absolute Gasteiger partial charge is 0.123 e. The van der Waals surface area contributed by atoms with Crippen molar-refractivity contribution in [1.82, 2.24) is 0 Å². The molecule has 2 N–H and O–H groups in total. The zero-order valence-corrected chi connectivity index (χ0v) is 10.9. The van der Waals surface area contributed by atoms with Crippen LogP contribution in [-0.2, 0) is 0 Å². The first-order chi connectivity index (χ1) is 7.70. The molecule has 0 aliphatic heterocycles. The van der Waals surface area contributed by atoms with Gasteiger partial charge in [0.1, 0.15) is 5.82 Å². The van der Waals surface area contributed by atoms with Crippen molar-refractivity contribution in [2.45, 2.75) is 5.92 Å². The third kappa shape index (κ3) is 2.51. The van der Waals surface area contributed by atoms with E-state index in [1.807, 2.05) is 6.07 Å². The molecule has 2 rings (SSSR count). The standard InChI is InChI=1S/C12H11BrFNS/c13-12-6-5-11(16-12)10(7-15)8-1-3-9(14)4-2-8/h1-6,10H,7,15H2. The van der Waals surface area contributed by atoms with Gasteiger partial charge in [-0.1, -0.05) is 12.1 Å². The van der Waals surface area contributed by atoms with E-state index >= 15 is 0 Å². The molecule has 16 heavy (non-hydrogen) atoms. The van der Waals surface area contributed by atoms with Crippen LogP contribution in [0.5, 0.6) is 0 Å². The molecule has 1 nitrogen and oxygen atoms in total. The molecule has 0 amide bonds. The molecular formula is C12H11BrFNS. The zero-order chi connectivity index (χ0) is 11.5. The third-order valence-electron chi connectivity index (χ3n) is 2.45. The van der Waals surface area contributed by atoms with E-state index in [9.17, 15) is 4.39 Å². The number of halogens is 2. The van der Waals surface area contributed by atoms with Gasteiger partial charge in [0.2, 0.25) is 0 Å². The quantitative estimate of drug-likeness (QED) is 0.918. The van der Waals surface area contributed by atoms with Crippen LogP contribution in [0.1, 0.15) is 16.4 Å². The average molecular weight is 300 g/mol. The lowest BCUT2D eigenvalue weighted by Crippen LogP contribution is -2.12. The molecule has 0 aliphatic carbocycles. The van der Waals surface area contributed by atoms with Crippen molar-refractivity contribution < 1.29 is 4.39 Å². The molecule has 1 unspecified atom stereocenters. The molecule has 0 aliphatic rings. The lowest BCUT2D eigenvalue weighted by Gasteiger charge is -2.13. The Bertz CT molecular complexity index is 466. The van der Waals surface area contributed by atoms with E-state index in [4.69, 9.17) is 5.73 Å². The number of benzene rings is 1. The molecule has 0 fully saturated rings. The Morgan fingerprint density at radius 1 is 1.19 bits per heavy atom. The van der Waals surface area contributed by atoms with Crippen molar-refractivity contribution >= 4 is 27.3 Å². The molecule has 0 radical (unpaired) electrons. The predicted octanol–water partition coefficient (Wildman–Crippen LogP) is 3.74. The van der Waals surface area contributed by atoms with Gasteiger partial charge < -0.3 is 5.73 Å². The lowest BCUT2D eigenvalue weighted by molar-refractivity contribution is 0.626. The Balaban J connectivity index is 2.32. The van der Waals surface area contributed by atoms with Crippen LogP contribution >= 0.6 is 27.3 Å². The van der Waals surface area contributed by atoms with E-state index in [1.54, 1.807) is 23.5 Å². The highest BCUT2D eigenvalue weighted by atomic mass is 79.9. The van der Waals surface area contributed by atoms with Crippen LogP contribution in [0.4, 0.5) is 4.39 Å². The fourth-order valence-electron chi connectivity index (χ4n) is 1.63. The minimum Gasteiger partial charge on any atom is -0.329 e. The summed E-state index contributed by atoms with van der Waals surface area (Å²) in [5, 5.41) is 0. The van der Waals surface area contributed by atoms with Crippen LogP contribution in [-0.4, -0.2) is 6.54 Å². The van der Waals surface area contributed by atoms with Crippen molar-refractivity contribution in [2.24, 2.45) is 5.73 Å². The van der Waals surface area contributed by atoms with Crippen molar-refractivity contribution in [3.63, 3.8) is 0 Å². The molecular weight excluding hydrogens is 289 g/mol. The summed E-state index contributed by atoms with van der Waals surface area (Å²) in [7, 11) is 0. The normalized spacial score (nSPS) is 12.7. The fraction of sp³-hybridized carbons (Fsp3) is 0.167. The maximum Gasteiger partial charge on any atom is 0.123 e. The second-order valence-corrected chi connectivity index (χ2v) is 5.98. The van der Waals surface area contributed by atoms with Gasteiger partial charge >= 0.3 is 0 Å². The summed E-state index contributed by atoms with van der Waals surface area (Å²) in [4.78, 5) is 1.20. The predicted molar refractivity (Wildman–Crippen MR) is 69.3 cm³/mol. The number of thiophene rings is 1. The summed E-state index contributed by atoms with van der Waals surface area (Å²) in [5.41, 5.74) is 6.84. The molecule has 84 valence electrons. The summed E-state index contributed by atoms with van der Waals surface area (Å²) < 4.78 is 13.9. The minimum atomic E-state index is -0.216. The van der Waals surface area contributed by atoms with Crippen LogP contribution in [0.15, 0.2) is 40.2 Å². The number of rotatable bonds is 3. The van der Waals surface area contributed by atoms with Gasteiger partial charge in [0, 0.05) is 17.3 Å². The zero-order valence-electron chi connectivity index (χ0n) is 8.49. The van der Waals surface area contributed by atoms with Crippen molar-refractivity contribution in [3.8, 4) is 0 Å². The van der Waals surface area contributed by atoms with Gasteiger partial charge in [0.15, 0.2) is 0 Å². The van der Waals surface area contributed by atoms with Gasteiger partial charge in [-0.2, -0.15) is 0 Å². The van der Waals surface area contributed by atoms with Gasteiger partial charge in [0.25, 0.3) is 0 Å². The summed E-state index contributed by atoms with van der Waals surface area (Å²) in [6.07, 6.45) is 0. The molecule has 0 bridgehead atoms. The molecule has 1 heterocycles. The van der Waals surface area contributed by atoms with Gasteiger partial charge in [0.05, 0.1) is 3.79 Å². The molecule has 4 heteroatoms. The van der Waals surface area contributed by atoms with Crippen molar-refractivity contribution in [2.75, 3.05) is 6.54 Å². The largest absolute Gasteiger partial charge is 0.329 e. The van der Waals surface area contributed by atoms with Crippen molar-refractivity contribution in [1.29, 1.82) is 0 Å². The summed E-state index contributed by atoms with van der Waals surface area (Å²) >= 11 is 5.09. The second kappa shape index (κ2) is 5.08. The van der Waals surface area contributed by atoms with E-state index in [1.165, 1.54) is 17.0 Å². The molecule has 2 aromatic rings. The van der Waals surface area contributed by atoms with E-state index in [0.717, 1.165) is 9.35 Å². The Kier molecular flexibility index (Phi) is 3.74. The van der Waals surface area contributed by atoms with Crippen LogP contribution in [0.3, 0.4) is 0 Å². The van der Waals surface area contributed by atoms with Gasteiger partial charge in [-0.05, 0) is 45.8 Å².